The summed E-state index contributed by atoms with van der Waals surface area (Å²) in [5.41, 5.74) is 0. The number of allylic oxidation sites excluding steroid dienone is 1. The first-order valence-electron chi connectivity index (χ1n) is 3.96. The molecule has 3 heteroatoms. The highest BCUT2D eigenvalue weighted by Gasteiger charge is 2.29. The fourth-order valence-corrected chi connectivity index (χ4v) is 1.09. The number of amides is 1. The molecule has 0 aliphatic carbocycles. The normalized spacial score (nSPS) is 23.2. The number of nitrogens with zero attached hydrogens (tertiary/aromatic N) is 1. The quantitative estimate of drug-likeness (QED) is 0.597. The minimum Gasteiger partial charge on any atom is -0.447 e. The van der Waals surface area contributed by atoms with E-state index >= 15 is 0 Å². The second-order valence-corrected chi connectivity index (χ2v) is 2.60. The van der Waals surface area contributed by atoms with Crippen LogP contribution in [-0.2, 0) is 4.74 Å². The Bertz CT molecular complexity index is 211. The summed E-state index contributed by atoms with van der Waals surface area (Å²) >= 11 is 0. The summed E-state index contributed by atoms with van der Waals surface area (Å²) < 4.78 is 4.85. The second-order valence-electron chi connectivity index (χ2n) is 2.60. The number of hydrogen-bond acceptors (Lipinski definition) is 2. The van der Waals surface area contributed by atoms with Gasteiger partial charge in [0.05, 0.1) is 6.04 Å². The first-order valence-corrected chi connectivity index (χ1v) is 3.96. The summed E-state index contributed by atoms with van der Waals surface area (Å²) in [7, 11) is 0. The summed E-state index contributed by atoms with van der Waals surface area (Å²) in [5.74, 6) is 0. The van der Waals surface area contributed by atoms with Crippen molar-refractivity contribution in [3.63, 3.8) is 0 Å². The van der Waals surface area contributed by atoms with Crippen LogP contribution < -0.4 is 0 Å². The van der Waals surface area contributed by atoms with E-state index in [2.05, 4.69) is 6.58 Å². The van der Waals surface area contributed by atoms with Gasteiger partial charge in [0.25, 0.3) is 0 Å². The molecule has 0 bridgehead atoms. The van der Waals surface area contributed by atoms with Crippen molar-refractivity contribution in [3.8, 4) is 0 Å². The van der Waals surface area contributed by atoms with Crippen molar-refractivity contribution in [2.45, 2.75) is 13.0 Å². The van der Waals surface area contributed by atoms with E-state index in [1.165, 1.54) is 0 Å². The average molecular weight is 167 g/mol. The van der Waals surface area contributed by atoms with Gasteiger partial charge < -0.3 is 4.74 Å². The van der Waals surface area contributed by atoms with Gasteiger partial charge in [-0.25, -0.2) is 4.79 Å². The first kappa shape index (κ1) is 8.84. The third kappa shape index (κ3) is 1.67. The van der Waals surface area contributed by atoms with E-state index in [-0.39, 0.29) is 12.1 Å². The lowest BCUT2D eigenvalue weighted by atomic mass is 10.3. The zero-order valence-electron chi connectivity index (χ0n) is 7.19. The molecule has 1 aliphatic heterocycles. The molecule has 1 saturated heterocycles. The minimum atomic E-state index is -0.252. The van der Waals surface area contributed by atoms with Gasteiger partial charge in [-0.1, -0.05) is 18.2 Å². The molecule has 0 aromatic heterocycles. The molecule has 66 valence electrons. The molecule has 0 spiro atoms. The Labute approximate surface area is 72.3 Å². The van der Waals surface area contributed by atoms with Gasteiger partial charge in [0.1, 0.15) is 6.61 Å². The number of hydrogen-bond donors (Lipinski definition) is 0. The molecule has 0 aromatic rings. The molecule has 1 amide bonds. The van der Waals surface area contributed by atoms with Crippen molar-refractivity contribution >= 4 is 6.09 Å². The molecular formula is C9H13NO2. The molecule has 1 aliphatic rings. The van der Waals surface area contributed by atoms with Crippen molar-refractivity contribution in [2.75, 3.05) is 13.2 Å². The third-order valence-electron chi connectivity index (χ3n) is 1.82. The standard InChI is InChI=1S/C9H13NO2/c1-3-5-6-10-8(4-2)7-12-9(10)11/h3-5,8H,2,6-7H2,1H3/b5-3-. The lowest BCUT2D eigenvalue weighted by molar-refractivity contribution is 0.160. The van der Waals surface area contributed by atoms with Crippen LogP contribution in [0.15, 0.2) is 24.8 Å². The average Bonchev–Trinajstić information content (AvgIpc) is 2.43. The van der Waals surface area contributed by atoms with E-state index in [0.717, 1.165) is 0 Å². The largest absolute Gasteiger partial charge is 0.447 e. The molecule has 0 aromatic carbocycles. The SMILES string of the molecule is C=CC1COC(=O)N1C/C=C\C. The van der Waals surface area contributed by atoms with E-state index in [9.17, 15) is 4.79 Å². The van der Waals surface area contributed by atoms with Gasteiger partial charge in [-0.2, -0.15) is 0 Å². The Morgan fingerprint density at radius 3 is 3.17 bits per heavy atom. The van der Waals surface area contributed by atoms with Crippen LogP contribution in [0.1, 0.15) is 6.92 Å². The summed E-state index contributed by atoms with van der Waals surface area (Å²) in [4.78, 5) is 12.7. The maximum absolute atomic E-state index is 11.1. The Kier molecular flexibility index (Phi) is 2.91. The minimum absolute atomic E-state index is 0.0358. The maximum atomic E-state index is 11.1. The fourth-order valence-electron chi connectivity index (χ4n) is 1.09. The Balaban J connectivity index is 2.57. The number of rotatable bonds is 3. The van der Waals surface area contributed by atoms with Crippen LogP contribution >= 0.6 is 0 Å². The van der Waals surface area contributed by atoms with Gasteiger partial charge in [0.15, 0.2) is 0 Å². The predicted octanol–water partition coefficient (Wildman–Crippen LogP) is 1.57. The smallest absolute Gasteiger partial charge is 0.410 e. The van der Waals surface area contributed by atoms with Gasteiger partial charge in [-0.3, -0.25) is 4.90 Å². The summed E-state index contributed by atoms with van der Waals surface area (Å²) in [6.07, 6.45) is 5.31. The molecule has 3 nitrogen and oxygen atoms in total. The van der Waals surface area contributed by atoms with E-state index < -0.39 is 0 Å². The van der Waals surface area contributed by atoms with E-state index in [1.54, 1.807) is 11.0 Å². The predicted molar refractivity (Wildman–Crippen MR) is 46.9 cm³/mol. The maximum Gasteiger partial charge on any atom is 0.410 e. The van der Waals surface area contributed by atoms with Crippen LogP contribution in [0.3, 0.4) is 0 Å². The number of ether oxygens (including phenoxy) is 1. The molecular weight excluding hydrogens is 154 g/mol. The highest BCUT2D eigenvalue weighted by Crippen LogP contribution is 2.12. The van der Waals surface area contributed by atoms with Crippen LogP contribution in [0.5, 0.6) is 0 Å². The topological polar surface area (TPSA) is 29.5 Å². The van der Waals surface area contributed by atoms with Gasteiger partial charge in [-0.15, -0.1) is 6.58 Å². The van der Waals surface area contributed by atoms with E-state index in [0.29, 0.717) is 13.2 Å². The molecule has 0 N–H and O–H groups in total. The van der Waals surface area contributed by atoms with Gasteiger partial charge >= 0.3 is 6.09 Å². The van der Waals surface area contributed by atoms with Crippen LogP contribution in [0.25, 0.3) is 0 Å². The van der Waals surface area contributed by atoms with Gasteiger partial charge in [0.2, 0.25) is 0 Å². The summed E-state index contributed by atoms with van der Waals surface area (Å²) in [5, 5.41) is 0. The number of carbonyl (C=O) groups is 1. The molecule has 1 heterocycles. The Hall–Kier alpha value is -1.25. The third-order valence-corrected chi connectivity index (χ3v) is 1.82. The van der Waals surface area contributed by atoms with Crippen LogP contribution in [-0.4, -0.2) is 30.2 Å². The van der Waals surface area contributed by atoms with Crippen molar-refractivity contribution in [1.82, 2.24) is 4.90 Å². The van der Waals surface area contributed by atoms with Crippen molar-refractivity contribution in [2.24, 2.45) is 0 Å². The lowest BCUT2D eigenvalue weighted by Crippen LogP contribution is -2.31. The zero-order valence-corrected chi connectivity index (χ0v) is 7.19. The highest BCUT2D eigenvalue weighted by molar-refractivity contribution is 5.70. The number of cyclic esters (lactones) is 1. The van der Waals surface area contributed by atoms with Gasteiger partial charge in [0, 0.05) is 6.54 Å². The lowest BCUT2D eigenvalue weighted by Gasteiger charge is -2.15. The highest BCUT2D eigenvalue weighted by atomic mass is 16.6. The summed E-state index contributed by atoms with van der Waals surface area (Å²) in [6, 6.07) is 0.0358. The molecule has 12 heavy (non-hydrogen) atoms. The van der Waals surface area contributed by atoms with Crippen LogP contribution in [0, 0.1) is 0 Å². The zero-order chi connectivity index (χ0) is 8.97. The first-order chi connectivity index (χ1) is 5.79. The molecule has 1 atom stereocenters. The monoisotopic (exact) mass is 167 g/mol. The second kappa shape index (κ2) is 3.95. The molecule has 1 fully saturated rings. The van der Waals surface area contributed by atoms with Crippen molar-refractivity contribution < 1.29 is 9.53 Å². The number of carbonyl (C=O) groups excluding carboxylic acids is 1. The summed E-state index contributed by atoms with van der Waals surface area (Å²) in [6.45, 7) is 6.59. The molecule has 0 radical (unpaired) electrons. The molecule has 0 saturated carbocycles. The Morgan fingerprint density at radius 1 is 1.83 bits per heavy atom. The Morgan fingerprint density at radius 2 is 2.58 bits per heavy atom. The molecule has 1 rings (SSSR count). The molecule has 1 unspecified atom stereocenters. The van der Waals surface area contributed by atoms with Crippen LogP contribution in [0.2, 0.25) is 0 Å². The van der Waals surface area contributed by atoms with Gasteiger partial charge in [-0.05, 0) is 6.92 Å². The van der Waals surface area contributed by atoms with Crippen molar-refractivity contribution in [3.05, 3.63) is 24.8 Å². The van der Waals surface area contributed by atoms with Crippen LogP contribution in [0.4, 0.5) is 4.79 Å². The van der Waals surface area contributed by atoms with E-state index in [4.69, 9.17) is 4.74 Å². The van der Waals surface area contributed by atoms with E-state index in [1.807, 2.05) is 19.1 Å². The van der Waals surface area contributed by atoms with Crippen molar-refractivity contribution in [1.29, 1.82) is 0 Å². The fraction of sp³-hybridized carbons (Fsp3) is 0.444.